The number of carbonyl (C=O) groups excluding carboxylic acids is 13. The van der Waals surface area contributed by atoms with Gasteiger partial charge in [0.15, 0.2) is 36.3 Å². The predicted molar refractivity (Wildman–Crippen MR) is 543 cm³/mol. The third-order valence-electron chi connectivity index (χ3n) is 42.6. The number of hydrogen-bond acceptors (Lipinski definition) is 29. The van der Waals surface area contributed by atoms with Crippen LogP contribution in [0.2, 0.25) is 0 Å². The summed E-state index contributed by atoms with van der Waals surface area (Å²) in [6.45, 7) is 37.9. The van der Waals surface area contributed by atoms with Crippen molar-refractivity contribution in [3.8, 4) is 6.07 Å². The Morgan fingerprint density at radius 3 is 1.07 bits per heavy atom. The number of ether oxygens (including phenoxy) is 14. The molecule has 23 saturated carbocycles. The van der Waals surface area contributed by atoms with Gasteiger partial charge in [0, 0.05) is 41.9 Å². The van der Waals surface area contributed by atoms with Gasteiger partial charge >= 0.3 is 77.6 Å². The molecule has 0 amide bonds. The van der Waals surface area contributed by atoms with Gasteiger partial charge in [-0.1, -0.05) is 70.2 Å². The number of hydrogen-bond donors (Lipinski definition) is 1. The first-order valence-corrected chi connectivity index (χ1v) is 57.0. The third-order valence-corrected chi connectivity index (χ3v) is 42.6. The SMILES string of the molecule is C.C.CCC(C)(C)C(=O)OC12CC3CC(CC(C3)C1)C2.CCC(C)(C)C(=O)OC12CC3CC(CC(O)(C3)C1)C2.CCC(C)(C)C(=O)OC1C2CC3C1OC(=O)C3(C#N)C2.CCC(C)(C)C(=O)OC1C2CC3C1OC(=O)C3(C(=O)OCC(=O)OC1(CC)C3CC4CC(C3)CC1C4)C2.CCC(C)(C)C(=O)OCOC12CC3CC(CC(C3)C1)C2.CCC1(OC(=O)COC(=O)C23CC4CC2C(OC3=O)C4OC(=O)C(C)(C)CC)CCCC1. The molecule has 0 spiro atoms. The average molecular weight is 2070 g/mol. The van der Waals surface area contributed by atoms with Crippen LogP contribution < -0.4 is 0 Å². The van der Waals surface area contributed by atoms with Crippen LogP contribution in [0.1, 0.15) is 417 Å². The second-order valence-electron chi connectivity index (χ2n) is 54.6. The zero-order valence-electron chi connectivity index (χ0n) is 91.4. The molecule has 0 radical (unpaired) electrons. The van der Waals surface area contributed by atoms with E-state index >= 15 is 0 Å². The minimum Gasteiger partial charge on any atom is -0.459 e. The van der Waals surface area contributed by atoms with E-state index < -0.39 is 157 Å². The van der Waals surface area contributed by atoms with Gasteiger partial charge in [0.2, 0.25) is 0 Å². The summed E-state index contributed by atoms with van der Waals surface area (Å²) >= 11 is 0. The van der Waals surface area contributed by atoms with Crippen LogP contribution in [0.3, 0.4) is 0 Å². The Balaban J connectivity index is 0.000000136. The lowest BCUT2D eigenvalue weighted by atomic mass is 9.49. The molecule has 1 N–H and O–H groups in total. The summed E-state index contributed by atoms with van der Waals surface area (Å²) in [4.78, 5) is 164. The lowest BCUT2D eigenvalue weighted by Crippen LogP contribution is -2.61. The average Bonchev–Trinajstić information content (AvgIpc) is 1.53. The standard InChI is InChI=1S/C29H40O8.C24H34O8.C17H28O3.C16H26O3.C16H26O2.C15H19NO4.2CH4/c1-5-27(3,4)24(31)35-22-17-12-20-23(22)36-26(33)28(20,13-17)25(32)34-14-21(30)37-29(6-2)18-8-15-7-16(10-18)11-19(29)9-15;1-5-22(3,4)19(26)30-17-14-11-15-18(17)31-21(28)24(15,12-14)20(27)29-13-16(25)32-23(6-2)9-7-8-10-23;1-4-16(2,3)15(18)19-11-20-17-8-12-5-13(9-17)7-14(6-12)10-17;1-4-14(2,3)13(17)19-16-8-11-5-12(9-16)7-15(18,6-11)10-16;1-4-15(2,3)14(17)18-16-8-11-5-12(9-16)7-13(6-11)10-16;1-4-14(2,3)12(17)19-10-8-5-9-11(10)20-13(18)15(9,6-8)7-16;;/h15-20,22-23H,5-14H2,1-4H3;14-15,17-18H,5-13H2,1-4H3;12-14H,4-11H2,1-3H3;11-12,18H,4-10H2,1-3H3;11-13H,4-10H2,1-3H3;8-11H,4-6H2,1-3H3;2*1H4. The number of esters is 13. The van der Waals surface area contributed by atoms with Crippen molar-refractivity contribution in [2.24, 2.45) is 155 Å². The summed E-state index contributed by atoms with van der Waals surface area (Å²) in [7, 11) is 0. The summed E-state index contributed by atoms with van der Waals surface area (Å²) in [5, 5.41) is 20.0. The molecule has 3 saturated heterocycles. The first kappa shape index (κ1) is 115. The Morgan fingerprint density at radius 2 is 0.689 bits per heavy atom. The molecule has 26 rings (SSSR count). The van der Waals surface area contributed by atoms with Gasteiger partial charge in [-0.3, -0.25) is 52.7 Å². The minimum absolute atomic E-state index is 0. The summed E-state index contributed by atoms with van der Waals surface area (Å²) < 4.78 is 79.8. The second-order valence-corrected chi connectivity index (χ2v) is 54.6. The van der Waals surface area contributed by atoms with Crippen molar-refractivity contribution in [1.29, 1.82) is 5.26 Å². The highest BCUT2D eigenvalue weighted by atomic mass is 16.7. The number of nitrogens with zero attached hydrogens (tertiary/aromatic N) is 1. The zero-order valence-corrected chi connectivity index (χ0v) is 91.4. The van der Waals surface area contributed by atoms with Crippen LogP contribution in [-0.2, 0) is 129 Å². The van der Waals surface area contributed by atoms with Crippen LogP contribution in [0, 0.1) is 167 Å². The number of nitriles is 1. The first-order valence-electron chi connectivity index (χ1n) is 57.0. The van der Waals surface area contributed by atoms with E-state index in [9.17, 15) is 72.7 Å². The van der Waals surface area contributed by atoms with E-state index in [0.29, 0.717) is 68.6 Å². The van der Waals surface area contributed by atoms with E-state index in [4.69, 9.17) is 66.3 Å². The Hall–Kier alpha value is -7.48. The predicted octanol–water partition coefficient (Wildman–Crippen LogP) is 21.0. The van der Waals surface area contributed by atoms with E-state index in [-0.39, 0.29) is 122 Å². The number of rotatable bonds is 30. The van der Waals surface area contributed by atoms with Crippen LogP contribution >= 0.6 is 0 Å². The molecule has 3 heterocycles. The fourth-order valence-electron chi connectivity index (χ4n) is 32.9. The quantitative estimate of drug-likeness (QED) is 0.0302. The van der Waals surface area contributed by atoms with E-state index in [2.05, 4.69) is 19.9 Å². The maximum Gasteiger partial charge on any atom is 0.344 e. The minimum atomic E-state index is -1.41. The van der Waals surface area contributed by atoms with Crippen LogP contribution in [0.5, 0.6) is 0 Å². The van der Waals surface area contributed by atoms with Gasteiger partial charge in [-0.25, -0.2) is 9.59 Å². The van der Waals surface area contributed by atoms with Crippen molar-refractivity contribution in [3.63, 3.8) is 0 Å². The van der Waals surface area contributed by atoms with E-state index in [0.717, 1.165) is 182 Å². The molecule has 29 heteroatoms. The normalized spacial score (nSPS) is 40.3. The van der Waals surface area contributed by atoms with Gasteiger partial charge in [-0.05, 0) is 411 Å². The number of carbonyl (C=O) groups is 13. The molecule has 22 bridgehead atoms. The van der Waals surface area contributed by atoms with Crippen LogP contribution in [0.15, 0.2) is 0 Å². The fourth-order valence-corrected chi connectivity index (χ4v) is 32.9. The van der Waals surface area contributed by atoms with E-state index in [1.165, 1.54) is 70.6 Å². The Labute approximate surface area is 880 Å². The summed E-state index contributed by atoms with van der Waals surface area (Å²) in [6.07, 6.45) is 36.0. The highest BCUT2D eigenvalue weighted by molar-refractivity contribution is 6.04. The largest absolute Gasteiger partial charge is 0.459 e. The molecular formula is C119H181NO28. The Morgan fingerprint density at radius 1 is 0.358 bits per heavy atom. The smallest absolute Gasteiger partial charge is 0.344 e. The van der Waals surface area contributed by atoms with Crippen molar-refractivity contribution < 1.29 is 134 Å². The van der Waals surface area contributed by atoms with E-state index in [1.807, 2.05) is 125 Å². The van der Waals surface area contributed by atoms with Gasteiger partial charge in [-0.15, -0.1) is 0 Å². The molecule has 148 heavy (non-hydrogen) atoms. The van der Waals surface area contributed by atoms with Gasteiger partial charge in [0.05, 0.1) is 49.8 Å². The monoisotopic (exact) mass is 2070 g/mol. The second kappa shape index (κ2) is 42.0. The summed E-state index contributed by atoms with van der Waals surface area (Å²) in [5.41, 5.74) is -8.58. The molecule has 17 unspecified atom stereocenters. The van der Waals surface area contributed by atoms with Gasteiger partial charge < -0.3 is 71.4 Å². The van der Waals surface area contributed by atoms with Crippen LogP contribution in [0.25, 0.3) is 0 Å². The van der Waals surface area contributed by atoms with Crippen molar-refractivity contribution in [2.75, 3.05) is 20.0 Å². The topological polar surface area (TPSA) is 395 Å². The molecule has 26 aliphatic rings. The Kier molecular flexibility index (Phi) is 32.5. The van der Waals surface area contributed by atoms with Gasteiger partial charge in [-0.2, -0.15) is 5.26 Å². The van der Waals surface area contributed by atoms with Crippen LogP contribution in [0.4, 0.5) is 0 Å². The molecule has 0 aromatic carbocycles. The fraction of sp³-hybridized carbons (Fsp3) is 0.882. The first-order chi connectivity index (χ1) is 68.6. The van der Waals surface area contributed by atoms with Crippen molar-refractivity contribution in [2.45, 2.75) is 487 Å². The maximum absolute atomic E-state index is 13.3. The molecule has 29 nitrogen and oxygen atoms in total. The van der Waals surface area contributed by atoms with Crippen molar-refractivity contribution in [1.82, 2.24) is 0 Å². The summed E-state index contributed by atoms with van der Waals surface area (Å²) in [6, 6.07) is 2.15. The lowest BCUT2D eigenvalue weighted by molar-refractivity contribution is -0.225. The molecule has 17 atom stereocenters. The van der Waals surface area contributed by atoms with Crippen molar-refractivity contribution >= 4 is 77.6 Å². The van der Waals surface area contributed by atoms with Crippen molar-refractivity contribution in [3.05, 3.63) is 0 Å². The lowest BCUT2D eigenvalue weighted by Gasteiger charge is -2.60. The third kappa shape index (κ3) is 21.1. The number of aliphatic hydroxyl groups is 1. The van der Waals surface area contributed by atoms with Crippen LogP contribution in [-0.4, -0.2) is 173 Å². The highest BCUT2D eigenvalue weighted by Gasteiger charge is 2.79. The van der Waals surface area contributed by atoms with Gasteiger partial charge in [0.25, 0.3) is 0 Å². The van der Waals surface area contributed by atoms with Gasteiger partial charge in [0.1, 0.15) is 59.0 Å². The maximum atomic E-state index is 13.3. The molecule has 0 aromatic rings. The number of fused-ring (bicyclic) bond motifs is 3. The molecule has 3 aliphatic heterocycles. The molecular weight excluding hydrogens is 1890 g/mol. The Bertz CT molecular complexity index is 4900. The molecule has 830 valence electrons. The summed E-state index contributed by atoms with van der Waals surface area (Å²) in [5.74, 6) is 2.10. The zero-order chi connectivity index (χ0) is 106. The highest BCUT2D eigenvalue weighted by Crippen LogP contribution is 2.69. The van der Waals surface area contributed by atoms with E-state index in [1.54, 1.807) is 0 Å². The molecule has 23 aliphatic carbocycles. The molecule has 0 aromatic heterocycles. The molecule has 26 fully saturated rings.